The Kier molecular flexibility index (Phi) is 9.80. The maximum Gasteiger partial charge on any atom is 0.271 e. The van der Waals surface area contributed by atoms with Crippen molar-refractivity contribution in [2.24, 2.45) is 5.10 Å². The Morgan fingerprint density at radius 1 is 0.857 bits per heavy atom. The van der Waals surface area contributed by atoms with E-state index in [-0.39, 0.29) is 5.91 Å². The second kappa shape index (κ2) is 13.2. The predicted octanol–water partition coefficient (Wildman–Crippen LogP) is 5.88. The standard InChI is InChI=1S/C27H29ClN2O5/c1-4-32-24-16-21(12-13-23(24)35-18-19-10-8-7-9-11-19)27(31)30-29-17-20-14-22(28)26(34-6-3)25(15-20)33-5-2/h7-17H,4-6,18H2,1-3H3,(H,30,31)/b29-17+. The van der Waals surface area contributed by atoms with Gasteiger partial charge in [-0.3, -0.25) is 4.79 Å². The molecule has 0 bridgehead atoms. The van der Waals surface area contributed by atoms with E-state index < -0.39 is 0 Å². The van der Waals surface area contributed by atoms with Gasteiger partial charge in [0.15, 0.2) is 23.0 Å². The van der Waals surface area contributed by atoms with Gasteiger partial charge in [0.25, 0.3) is 5.91 Å². The van der Waals surface area contributed by atoms with Gasteiger partial charge in [-0.1, -0.05) is 41.9 Å². The van der Waals surface area contributed by atoms with Gasteiger partial charge >= 0.3 is 0 Å². The molecule has 0 aliphatic carbocycles. The van der Waals surface area contributed by atoms with E-state index in [4.69, 9.17) is 30.5 Å². The summed E-state index contributed by atoms with van der Waals surface area (Å²) in [6, 6.07) is 18.3. The molecule has 1 N–H and O–H groups in total. The van der Waals surface area contributed by atoms with E-state index in [1.54, 1.807) is 30.3 Å². The first-order valence-corrected chi connectivity index (χ1v) is 11.8. The zero-order chi connectivity index (χ0) is 25.0. The first-order valence-electron chi connectivity index (χ1n) is 11.4. The van der Waals surface area contributed by atoms with E-state index in [0.29, 0.717) is 65.6 Å². The van der Waals surface area contributed by atoms with Gasteiger partial charge in [-0.25, -0.2) is 5.43 Å². The SMILES string of the molecule is CCOc1cc(C(=O)N/N=C/c2cc(Cl)c(OCC)c(OCC)c2)ccc1OCc1ccccc1. The van der Waals surface area contributed by atoms with Crippen molar-refractivity contribution in [3.05, 3.63) is 82.4 Å². The van der Waals surface area contributed by atoms with Crippen LogP contribution in [0.4, 0.5) is 0 Å². The topological polar surface area (TPSA) is 78.4 Å². The van der Waals surface area contributed by atoms with Crippen LogP contribution in [0.1, 0.15) is 42.3 Å². The fourth-order valence-corrected chi connectivity index (χ4v) is 3.49. The fraction of sp³-hybridized carbons (Fsp3) is 0.259. The van der Waals surface area contributed by atoms with Crippen LogP contribution in [0.15, 0.2) is 65.8 Å². The van der Waals surface area contributed by atoms with Crippen LogP contribution in [0.5, 0.6) is 23.0 Å². The Morgan fingerprint density at radius 3 is 2.29 bits per heavy atom. The zero-order valence-corrected chi connectivity index (χ0v) is 20.8. The van der Waals surface area contributed by atoms with Crippen molar-refractivity contribution in [3.63, 3.8) is 0 Å². The van der Waals surface area contributed by atoms with Gasteiger partial charge in [-0.2, -0.15) is 5.10 Å². The van der Waals surface area contributed by atoms with Gasteiger partial charge in [0, 0.05) is 5.56 Å². The number of hydrazone groups is 1. The number of hydrogen-bond donors (Lipinski definition) is 1. The predicted molar refractivity (Wildman–Crippen MR) is 137 cm³/mol. The minimum atomic E-state index is -0.390. The third-order valence-corrected chi connectivity index (χ3v) is 5.02. The summed E-state index contributed by atoms with van der Waals surface area (Å²) >= 11 is 6.33. The van der Waals surface area contributed by atoms with Crippen LogP contribution in [0.25, 0.3) is 0 Å². The molecule has 0 aliphatic heterocycles. The Bertz CT molecular complexity index is 1150. The fourth-order valence-electron chi connectivity index (χ4n) is 3.21. The van der Waals surface area contributed by atoms with Gasteiger partial charge in [0.05, 0.1) is 31.1 Å². The largest absolute Gasteiger partial charge is 0.490 e. The summed E-state index contributed by atoms with van der Waals surface area (Å²) in [5.41, 5.74) is 4.60. The number of nitrogens with one attached hydrogen (secondary N) is 1. The monoisotopic (exact) mass is 496 g/mol. The maximum atomic E-state index is 12.7. The highest BCUT2D eigenvalue weighted by molar-refractivity contribution is 6.32. The lowest BCUT2D eigenvalue weighted by atomic mass is 10.2. The van der Waals surface area contributed by atoms with E-state index in [9.17, 15) is 4.79 Å². The van der Waals surface area contributed by atoms with E-state index in [1.807, 2.05) is 51.1 Å². The molecule has 0 saturated carbocycles. The van der Waals surface area contributed by atoms with E-state index in [2.05, 4.69) is 10.5 Å². The second-order valence-electron chi connectivity index (χ2n) is 7.26. The molecule has 8 heteroatoms. The number of carbonyl (C=O) groups is 1. The highest BCUT2D eigenvalue weighted by Gasteiger charge is 2.13. The number of halogens is 1. The van der Waals surface area contributed by atoms with Crippen molar-refractivity contribution in [3.8, 4) is 23.0 Å². The van der Waals surface area contributed by atoms with Gasteiger partial charge in [0.1, 0.15) is 6.61 Å². The molecule has 0 fully saturated rings. The quantitative estimate of drug-likeness (QED) is 0.250. The first kappa shape index (κ1) is 25.9. The number of amides is 1. The Hall–Kier alpha value is -3.71. The molecule has 3 rings (SSSR count). The molecule has 7 nitrogen and oxygen atoms in total. The van der Waals surface area contributed by atoms with Crippen LogP contribution < -0.4 is 24.4 Å². The third-order valence-electron chi connectivity index (χ3n) is 4.74. The molecule has 3 aromatic rings. The van der Waals surface area contributed by atoms with Crippen molar-refractivity contribution in [1.82, 2.24) is 5.43 Å². The van der Waals surface area contributed by atoms with Crippen molar-refractivity contribution in [1.29, 1.82) is 0 Å². The molecule has 0 atom stereocenters. The van der Waals surface area contributed by atoms with Crippen molar-refractivity contribution in [2.75, 3.05) is 19.8 Å². The Balaban J connectivity index is 1.69. The number of hydrogen-bond acceptors (Lipinski definition) is 6. The average molecular weight is 497 g/mol. The van der Waals surface area contributed by atoms with Gasteiger partial charge in [-0.15, -0.1) is 0 Å². The number of benzene rings is 3. The molecule has 0 radical (unpaired) electrons. The lowest BCUT2D eigenvalue weighted by Crippen LogP contribution is -2.17. The van der Waals surface area contributed by atoms with Crippen LogP contribution in [-0.2, 0) is 6.61 Å². The molecule has 35 heavy (non-hydrogen) atoms. The summed E-state index contributed by atoms with van der Waals surface area (Å²) in [5, 5.41) is 4.46. The normalized spacial score (nSPS) is 10.7. The lowest BCUT2D eigenvalue weighted by molar-refractivity contribution is 0.0954. The van der Waals surface area contributed by atoms with Crippen LogP contribution >= 0.6 is 11.6 Å². The molecule has 0 saturated heterocycles. The number of ether oxygens (including phenoxy) is 4. The first-order chi connectivity index (χ1) is 17.0. The average Bonchev–Trinajstić information content (AvgIpc) is 2.86. The van der Waals surface area contributed by atoms with Crippen LogP contribution in [-0.4, -0.2) is 31.9 Å². The van der Waals surface area contributed by atoms with Crippen molar-refractivity contribution < 1.29 is 23.7 Å². The minimum absolute atomic E-state index is 0.386. The zero-order valence-electron chi connectivity index (χ0n) is 20.0. The molecule has 0 heterocycles. The highest BCUT2D eigenvalue weighted by atomic mass is 35.5. The highest BCUT2D eigenvalue weighted by Crippen LogP contribution is 2.36. The third kappa shape index (κ3) is 7.39. The smallest absolute Gasteiger partial charge is 0.271 e. The van der Waals surface area contributed by atoms with E-state index in [0.717, 1.165) is 5.56 Å². The van der Waals surface area contributed by atoms with Crippen LogP contribution in [0.3, 0.4) is 0 Å². The molecule has 0 unspecified atom stereocenters. The number of nitrogens with zero attached hydrogens (tertiary/aromatic N) is 1. The van der Waals surface area contributed by atoms with Crippen LogP contribution in [0.2, 0.25) is 5.02 Å². The summed E-state index contributed by atoms with van der Waals surface area (Å²) in [5.74, 6) is 1.65. The minimum Gasteiger partial charge on any atom is -0.490 e. The maximum absolute atomic E-state index is 12.7. The Labute approximate surface area is 210 Å². The molecule has 3 aromatic carbocycles. The van der Waals surface area contributed by atoms with Crippen molar-refractivity contribution >= 4 is 23.7 Å². The molecule has 0 aromatic heterocycles. The Morgan fingerprint density at radius 2 is 1.57 bits per heavy atom. The molecular weight excluding hydrogens is 468 g/mol. The summed E-state index contributed by atoms with van der Waals surface area (Å²) in [6.07, 6.45) is 1.49. The molecule has 0 spiro atoms. The molecule has 184 valence electrons. The molecule has 1 amide bonds. The number of rotatable bonds is 12. The summed E-state index contributed by atoms with van der Waals surface area (Å²) in [7, 11) is 0. The molecule has 0 aliphatic rings. The number of carbonyl (C=O) groups excluding carboxylic acids is 1. The van der Waals surface area contributed by atoms with Gasteiger partial charge in [0.2, 0.25) is 0 Å². The summed E-state index contributed by atoms with van der Waals surface area (Å²) in [6.45, 7) is 7.37. The van der Waals surface area contributed by atoms with Gasteiger partial charge < -0.3 is 18.9 Å². The van der Waals surface area contributed by atoms with E-state index >= 15 is 0 Å². The summed E-state index contributed by atoms with van der Waals surface area (Å²) < 4.78 is 22.8. The van der Waals surface area contributed by atoms with E-state index in [1.165, 1.54) is 6.21 Å². The summed E-state index contributed by atoms with van der Waals surface area (Å²) in [4.78, 5) is 12.7. The molecular formula is C27H29ClN2O5. The van der Waals surface area contributed by atoms with Gasteiger partial charge in [-0.05, 0) is 62.2 Å². The van der Waals surface area contributed by atoms with Crippen LogP contribution in [0, 0.1) is 0 Å². The lowest BCUT2D eigenvalue weighted by Gasteiger charge is -2.13. The second-order valence-corrected chi connectivity index (χ2v) is 7.67. The van der Waals surface area contributed by atoms with Crippen molar-refractivity contribution in [2.45, 2.75) is 27.4 Å².